The molecule has 2 aromatic rings. The van der Waals surface area contributed by atoms with Crippen LogP contribution in [0.2, 0.25) is 5.02 Å². The topological polar surface area (TPSA) is 65.5 Å². The third-order valence-corrected chi connectivity index (χ3v) is 4.91. The number of amides is 2. The molecule has 0 bridgehead atoms. The van der Waals surface area contributed by atoms with Crippen LogP contribution >= 0.6 is 11.6 Å². The first-order valence-corrected chi connectivity index (χ1v) is 9.22. The molecule has 3 rings (SSSR count). The highest BCUT2D eigenvalue weighted by atomic mass is 35.5. The van der Waals surface area contributed by atoms with Gasteiger partial charge in [-0.1, -0.05) is 23.7 Å². The molecule has 0 aliphatic carbocycles. The van der Waals surface area contributed by atoms with Crippen LogP contribution in [0.4, 0.5) is 0 Å². The fraction of sp³-hybridized carbons (Fsp3) is 0.350. The Labute approximate surface area is 164 Å². The minimum atomic E-state index is -0.184. The van der Waals surface area contributed by atoms with Gasteiger partial charge >= 0.3 is 0 Å². The maximum absolute atomic E-state index is 13.2. The lowest BCUT2D eigenvalue weighted by atomic mass is 10.0. The number of hydrogen-bond donors (Lipinski definition) is 1. The zero-order valence-electron chi connectivity index (χ0n) is 15.7. The van der Waals surface area contributed by atoms with Crippen LogP contribution in [-0.4, -0.2) is 60.3 Å². The molecule has 27 heavy (non-hydrogen) atoms. The molecule has 2 amide bonds. The van der Waals surface area contributed by atoms with Gasteiger partial charge < -0.3 is 15.1 Å². The van der Waals surface area contributed by atoms with E-state index in [-0.39, 0.29) is 17.9 Å². The lowest BCUT2D eigenvalue weighted by Crippen LogP contribution is -2.48. The Morgan fingerprint density at radius 1 is 1.26 bits per heavy atom. The van der Waals surface area contributed by atoms with Crippen molar-refractivity contribution in [2.75, 3.05) is 33.7 Å². The first kappa shape index (κ1) is 19.3. The highest BCUT2D eigenvalue weighted by Gasteiger charge is 2.30. The summed E-state index contributed by atoms with van der Waals surface area (Å²) in [6, 6.07) is 10.8. The van der Waals surface area contributed by atoms with Crippen LogP contribution < -0.4 is 5.32 Å². The van der Waals surface area contributed by atoms with Gasteiger partial charge in [0.2, 0.25) is 0 Å². The van der Waals surface area contributed by atoms with Crippen molar-refractivity contribution in [3.63, 3.8) is 0 Å². The molecule has 1 aliphatic heterocycles. The Morgan fingerprint density at radius 2 is 2.04 bits per heavy atom. The summed E-state index contributed by atoms with van der Waals surface area (Å²) in [4.78, 5) is 33.0. The smallest absolute Gasteiger partial charge is 0.271 e. The molecule has 1 saturated heterocycles. The summed E-state index contributed by atoms with van der Waals surface area (Å²) in [6.45, 7) is 3.74. The van der Waals surface area contributed by atoms with Crippen molar-refractivity contribution >= 4 is 23.4 Å². The van der Waals surface area contributed by atoms with Crippen LogP contribution in [0, 0.1) is 6.92 Å². The molecule has 6 nitrogen and oxygen atoms in total. The van der Waals surface area contributed by atoms with Crippen LogP contribution in [0.5, 0.6) is 0 Å². The number of aromatic nitrogens is 1. The van der Waals surface area contributed by atoms with Gasteiger partial charge in [-0.2, -0.15) is 0 Å². The Morgan fingerprint density at radius 3 is 2.70 bits per heavy atom. The number of nitrogens with zero attached hydrogens (tertiary/aromatic N) is 3. The van der Waals surface area contributed by atoms with E-state index in [0.29, 0.717) is 35.1 Å². The molecule has 1 unspecified atom stereocenters. The van der Waals surface area contributed by atoms with Crippen LogP contribution in [0.15, 0.2) is 36.4 Å². The number of carbonyl (C=O) groups excluding carboxylic acids is 2. The standard InChI is InChI=1S/C20H23ClN4O2/c1-13-16(7-8-17(23-13)20(27)24(2)3)19(26)25-10-9-22-12-18(25)14-5-4-6-15(21)11-14/h4-8,11,18,22H,9-10,12H2,1-3H3. The van der Waals surface area contributed by atoms with E-state index in [1.807, 2.05) is 29.2 Å². The fourth-order valence-electron chi connectivity index (χ4n) is 3.25. The molecule has 1 aromatic heterocycles. The van der Waals surface area contributed by atoms with Crippen LogP contribution in [0.1, 0.15) is 38.1 Å². The molecular formula is C20H23ClN4O2. The minimum Gasteiger partial charge on any atom is -0.343 e. The van der Waals surface area contributed by atoms with Gasteiger partial charge in [-0.15, -0.1) is 0 Å². The number of halogens is 1. The quantitative estimate of drug-likeness (QED) is 0.880. The monoisotopic (exact) mass is 386 g/mol. The zero-order valence-corrected chi connectivity index (χ0v) is 16.5. The minimum absolute atomic E-state index is 0.0877. The van der Waals surface area contributed by atoms with Gasteiger partial charge in [0.1, 0.15) is 5.69 Å². The van der Waals surface area contributed by atoms with Crippen molar-refractivity contribution in [1.82, 2.24) is 20.1 Å². The van der Waals surface area contributed by atoms with Gasteiger partial charge in [0, 0.05) is 38.8 Å². The number of aryl methyl sites for hydroxylation is 1. The third-order valence-electron chi connectivity index (χ3n) is 4.68. The number of carbonyl (C=O) groups is 2. The molecule has 0 saturated carbocycles. The predicted molar refractivity (Wildman–Crippen MR) is 105 cm³/mol. The summed E-state index contributed by atoms with van der Waals surface area (Å²) < 4.78 is 0. The second-order valence-corrected chi connectivity index (χ2v) is 7.24. The van der Waals surface area contributed by atoms with Gasteiger partial charge in [-0.05, 0) is 36.8 Å². The molecule has 1 atom stereocenters. The van der Waals surface area contributed by atoms with Crippen LogP contribution in [0.3, 0.4) is 0 Å². The van der Waals surface area contributed by atoms with Crippen molar-refractivity contribution in [2.24, 2.45) is 0 Å². The maximum atomic E-state index is 13.2. The first-order valence-electron chi connectivity index (χ1n) is 8.85. The largest absolute Gasteiger partial charge is 0.343 e. The van der Waals surface area contributed by atoms with Crippen molar-refractivity contribution in [3.05, 3.63) is 63.9 Å². The third kappa shape index (κ3) is 4.12. The molecule has 1 aromatic carbocycles. The predicted octanol–water partition coefficient (Wildman–Crippen LogP) is 2.53. The lowest BCUT2D eigenvalue weighted by molar-refractivity contribution is 0.0632. The SMILES string of the molecule is Cc1nc(C(=O)N(C)C)ccc1C(=O)N1CCNCC1c1cccc(Cl)c1. The molecule has 0 radical (unpaired) electrons. The molecule has 1 aliphatic rings. The van der Waals surface area contributed by atoms with E-state index >= 15 is 0 Å². The average molecular weight is 387 g/mol. The Balaban J connectivity index is 1.90. The average Bonchev–Trinajstić information content (AvgIpc) is 2.66. The Bertz CT molecular complexity index is 869. The summed E-state index contributed by atoms with van der Waals surface area (Å²) in [7, 11) is 3.35. The van der Waals surface area contributed by atoms with Crippen LogP contribution in [0.25, 0.3) is 0 Å². The molecule has 2 heterocycles. The number of nitrogens with one attached hydrogen (secondary N) is 1. The lowest BCUT2D eigenvalue weighted by Gasteiger charge is -2.37. The van der Waals surface area contributed by atoms with E-state index in [2.05, 4.69) is 10.3 Å². The Kier molecular flexibility index (Phi) is 5.77. The van der Waals surface area contributed by atoms with Gasteiger partial charge in [-0.3, -0.25) is 9.59 Å². The number of piperazine rings is 1. The van der Waals surface area contributed by atoms with Crippen LogP contribution in [-0.2, 0) is 0 Å². The van der Waals surface area contributed by atoms with Gasteiger partial charge in [-0.25, -0.2) is 4.98 Å². The molecule has 7 heteroatoms. The zero-order chi connectivity index (χ0) is 19.6. The molecule has 142 valence electrons. The molecule has 1 N–H and O–H groups in total. The highest BCUT2D eigenvalue weighted by molar-refractivity contribution is 6.30. The van der Waals surface area contributed by atoms with E-state index in [4.69, 9.17) is 11.6 Å². The first-order chi connectivity index (χ1) is 12.9. The second kappa shape index (κ2) is 8.06. The van der Waals surface area contributed by atoms with E-state index in [1.165, 1.54) is 4.90 Å². The molecular weight excluding hydrogens is 364 g/mol. The summed E-state index contributed by atoms with van der Waals surface area (Å²) in [6.07, 6.45) is 0. The van der Waals surface area contributed by atoms with Crippen molar-refractivity contribution in [2.45, 2.75) is 13.0 Å². The summed E-state index contributed by atoms with van der Waals surface area (Å²) >= 11 is 6.14. The summed E-state index contributed by atoms with van der Waals surface area (Å²) in [5.74, 6) is -0.272. The summed E-state index contributed by atoms with van der Waals surface area (Å²) in [5, 5.41) is 3.99. The number of hydrogen-bond acceptors (Lipinski definition) is 4. The fourth-order valence-corrected chi connectivity index (χ4v) is 3.45. The highest BCUT2D eigenvalue weighted by Crippen LogP contribution is 2.26. The number of benzene rings is 1. The number of pyridine rings is 1. The normalized spacial score (nSPS) is 16.9. The summed E-state index contributed by atoms with van der Waals surface area (Å²) in [5.41, 5.74) is 2.39. The van der Waals surface area contributed by atoms with Crippen molar-refractivity contribution in [3.8, 4) is 0 Å². The Hall–Kier alpha value is -2.44. The van der Waals surface area contributed by atoms with Crippen molar-refractivity contribution < 1.29 is 9.59 Å². The van der Waals surface area contributed by atoms with E-state index < -0.39 is 0 Å². The second-order valence-electron chi connectivity index (χ2n) is 6.80. The van der Waals surface area contributed by atoms with Gasteiger partial charge in [0.05, 0.1) is 17.3 Å². The maximum Gasteiger partial charge on any atom is 0.271 e. The van der Waals surface area contributed by atoms with E-state index in [0.717, 1.165) is 12.1 Å². The van der Waals surface area contributed by atoms with Crippen molar-refractivity contribution in [1.29, 1.82) is 0 Å². The number of rotatable bonds is 3. The molecule has 0 spiro atoms. The van der Waals surface area contributed by atoms with Gasteiger partial charge in [0.15, 0.2) is 0 Å². The molecule has 1 fully saturated rings. The van der Waals surface area contributed by atoms with E-state index in [1.54, 1.807) is 33.2 Å². The van der Waals surface area contributed by atoms with E-state index in [9.17, 15) is 9.59 Å². The van der Waals surface area contributed by atoms with Gasteiger partial charge in [0.25, 0.3) is 11.8 Å².